The van der Waals surface area contributed by atoms with Crippen molar-refractivity contribution < 1.29 is 4.79 Å². The summed E-state index contributed by atoms with van der Waals surface area (Å²) in [6.45, 7) is 4.00. The molecular formula is C11H17ClN4O. The number of nitrogens with zero attached hydrogens (tertiary/aromatic N) is 1. The molecule has 0 bridgehead atoms. The summed E-state index contributed by atoms with van der Waals surface area (Å²) < 4.78 is 0. The van der Waals surface area contributed by atoms with Crippen molar-refractivity contribution in [2.45, 2.75) is 13.8 Å². The number of guanidine groups is 1. The first-order chi connectivity index (χ1) is 7.52. The van der Waals surface area contributed by atoms with Gasteiger partial charge in [0.15, 0.2) is 5.96 Å². The van der Waals surface area contributed by atoms with E-state index in [-0.39, 0.29) is 18.4 Å². The predicted molar refractivity (Wildman–Crippen MR) is 72.9 cm³/mol. The van der Waals surface area contributed by atoms with Gasteiger partial charge in [-0.3, -0.25) is 10.3 Å². The van der Waals surface area contributed by atoms with E-state index >= 15 is 0 Å². The Labute approximate surface area is 107 Å². The van der Waals surface area contributed by atoms with Gasteiger partial charge < -0.3 is 11.1 Å². The number of anilines is 1. The van der Waals surface area contributed by atoms with E-state index in [1.165, 1.54) is 12.6 Å². The maximum Gasteiger partial charge on any atom is 0.325 e. The number of benzene rings is 1. The third-order valence-electron chi connectivity index (χ3n) is 2.25. The van der Waals surface area contributed by atoms with Gasteiger partial charge in [0, 0.05) is 12.7 Å². The van der Waals surface area contributed by atoms with Gasteiger partial charge in [0.05, 0.1) is 0 Å². The lowest BCUT2D eigenvalue weighted by Crippen LogP contribution is -2.39. The van der Waals surface area contributed by atoms with E-state index in [0.29, 0.717) is 0 Å². The number of rotatable bonds is 1. The van der Waals surface area contributed by atoms with Crippen molar-refractivity contribution >= 4 is 30.1 Å². The van der Waals surface area contributed by atoms with Crippen molar-refractivity contribution in [1.82, 2.24) is 5.32 Å². The molecule has 17 heavy (non-hydrogen) atoms. The fraction of sp³-hybridized carbons (Fsp3) is 0.273. The summed E-state index contributed by atoms with van der Waals surface area (Å²) in [5.74, 6) is 0.0846. The highest BCUT2D eigenvalue weighted by atomic mass is 35.5. The van der Waals surface area contributed by atoms with Crippen LogP contribution in [0, 0.1) is 13.8 Å². The van der Waals surface area contributed by atoms with Gasteiger partial charge in [-0.25, -0.2) is 4.79 Å². The average molecular weight is 257 g/mol. The second kappa shape index (κ2) is 6.75. The highest BCUT2D eigenvalue weighted by molar-refractivity contribution is 6.01. The van der Waals surface area contributed by atoms with E-state index in [9.17, 15) is 4.79 Å². The molecule has 0 aliphatic rings. The lowest BCUT2D eigenvalue weighted by Gasteiger charge is -2.08. The van der Waals surface area contributed by atoms with Crippen LogP contribution in [0.4, 0.5) is 10.5 Å². The van der Waals surface area contributed by atoms with Gasteiger partial charge in [-0.2, -0.15) is 0 Å². The summed E-state index contributed by atoms with van der Waals surface area (Å²) in [7, 11) is 1.51. The molecule has 1 rings (SSSR count). The fourth-order valence-corrected chi connectivity index (χ4v) is 1.15. The lowest BCUT2D eigenvalue weighted by atomic mass is 10.1. The van der Waals surface area contributed by atoms with Crippen LogP contribution in [0.3, 0.4) is 0 Å². The number of aryl methyl sites for hydroxylation is 2. The number of aliphatic imine (C=N–C) groups is 1. The number of nitrogens with one attached hydrogen (secondary N) is 2. The summed E-state index contributed by atoms with van der Waals surface area (Å²) in [5.41, 5.74) is 8.39. The van der Waals surface area contributed by atoms with Gasteiger partial charge in [-0.15, -0.1) is 12.4 Å². The van der Waals surface area contributed by atoms with E-state index in [2.05, 4.69) is 15.6 Å². The molecule has 0 unspecified atom stereocenters. The molecule has 0 aliphatic carbocycles. The summed E-state index contributed by atoms with van der Waals surface area (Å²) in [5, 5.41) is 5.05. The molecule has 0 heterocycles. The first-order valence-electron chi connectivity index (χ1n) is 4.90. The average Bonchev–Trinajstić information content (AvgIpc) is 2.23. The van der Waals surface area contributed by atoms with Crippen molar-refractivity contribution in [1.29, 1.82) is 0 Å². The Balaban J connectivity index is 0.00000256. The first-order valence-corrected chi connectivity index (χ1v) is 4.90. The van der Waals surface area contributed by atoms with Crippen molar-refractivity contribution in [2.75, 3.05) is 12.4 Å². The zero-order valence-electron chi connectivity index (χ0n) is 10.1. The smallest absolute Gasteiger partial charge is 0.325 e. The second-order valence-corrected chi connectivity index (χ2v) is 3.49. The van der Waals surface area contributed by atoms with Crippen LogP contribution >= 0.6 is 12.4 Å². The van der Waals surface area contributed by atoms with Crippen LogP contribution in [0.2, 0.25) is 0 Å². The van der Waals surface area contributed by atoms with Gasteiger partial charge in [0.25, 0.3) is 0 Å². The molecule has 2 amide bonds. The third kappa shape index (κ3) is 4.74. The van der Waals surface area contributed by atoms with Crippen molar-refractivity contribution in [3.05, 3.63) is 29.3 Å². The third-order valence-corrected chi connectivity index (χ3v) is 2.25. The van der Waals surface area contributed by atoms with E-state index in [1.807, 2.05) is 32.0 Å². The highest BCUT2D eigenvalue weighted by Gasteiger charge is 2.03. The minimum Gasteiger partial charge on any atom is -0.370 e. The lowest BCUT2D eigenvalue weighted by molar-refractivity contribution is 0.256. The van der Waals surface area contributed by atoms with Crippen LogP contribution in [-0.2, 0) is 0 Å². The van der Waals surface area contributed by atoms with Crippen LogP contribution < -0.4 is 16.4 Å². The topological polar surface area (TPSA) is 79.5 Å². The number of hydrogen-bond acceptors (Lipinski definition) is 2. The monoisotopic (exact) mass is 256 g/mol. The number of urea groups is 1. The van der Waals surface area contributed by atoms with Gasteiger partial charge in [-0.05, 0) is 37.1 Å². The van der Waals surface area contributed by atoms with E-state index < -0.39 is 6.03 Å². The van der Waals surface area contributed by atoms with Gasteiger partial charge in [0.1, 0.15) is 0 Å². The number of amides is 2. The van der Waals surface area contributed by atoms with Gasteiger partial charge in [0.2, 0.25) is 0 Å². The predicted octanol–water partition coefficient (Wildman–Crippen LogP) is 1.79. The van der Waals surface area contributed by atoms with Gasteiger partial charge in [-0.1, -0.05) is 6.07 Å². The Hall–Kier alpha value is -1.75. The Kier molecular flexibility index (Phi) is 6.06. The van der Waals surface area contributed by atoms with Crippen LogP contribution in [0.15, 0.2) is 23.2 Å². The molecule has 0 saturated heterocycles. The normalized spacial score (nSPS) is 10.4. The minimum absolute atomic E-state index is 0. The summed E-state index contributed by atoms with van der Waals surface area (Å²) in [4.78, 5) is 15.0. The number of hydrogen-bond donors (Lipinski definition) is 3. The summed E-state index contributed by atoms with van der Waals surface area (Å²) in [6.07, 6.45) is 0. The number of carbonyl (C=O) groups is 1. The number of nitrogens with two attached hydrogens (primary N) is 1. The summed E-state index contributed by atoms with van der Waals surface area (Å²) >= 11 is 0. The molecule has 5 nitrogen and oxygen atoms in total. The Bertz CT molecular complexity index is 431. The summed E-state index contributed by atoms with van der Waals surface area (Å²) in [6, 6.07) is 5.28. The molecule has 0 spiro atoms. The largest absolute Gasteiger partial charge is 0.370 e. The zero-order valence-corrected chi connectivity index (χ0v) is 10.9. The molecular weight excluding hydrogens is 240 g/mol. The van der Waals surface area contributed by atoms with Crippen LogP contribution in [0.5, 0.6) is 0 Å². The Morgan fingerprint density at radius 2 is 1.94 bits per heavy atom. The van der Waals surface area contributed by atoms with E-state index in [0.717, 1.165) is 11.3 Å². The molecule has 0 saturated carbocycles. The van der Waals surface area contributed by atoms with Crippen LogP contribution in [0.1, 0.15) is 11.1 Å². The van der Waals surface area contributed by atoms with E-state index in [1.54, 1.807) is 0 Å². The number of carbonyl (C=O) groups excluding carboxylic acids is 1. The Morgan fingerprint density at radius 1 is 1.29 bits per heavy atom. The quantitative estimate of drug-likeness (QED) is 0.529. The molecule has 1 aromatic rings. The molecule has 0 fully saturated rings. The molecule has 0 aromatic heterocycles. The highest BCUT2D eigenvalue weighted by Crippen LogP contribution is 2.13. The maximum absolute atomic E-state index is 11.4. The molecule has 0 atom stereocenters. The maximum atomic E-state index is 11.4. The zero-order chi connectivity index (χ0) is 12.1. The molecule has 1 aromatic carbocycles. The standard InChI is InChI=1S/C11H16N4O.ClH/c1-7-4-5-9(6-8(7)2)14-11(16)15-10(12)13-3;/h4-6H,1-3H3,(H4,12,13,14,15,16);1H. The fourth-order valence-electron chi connectivity index (χ4n) is 1.15. The molecule has 0 radical (unpaired) electrons. The van der Waals surface area contributed by atoms with Gasteiger partial charge >= 0.3 is 6.03 Å². The van der Waals surface area contributed by atoms with Crippen molar-refractivity contribution in [3.63, 3.8) is 0 Å². The first kappa shape index (κ1) is 15.2. The molecule has 6 heteroatoms. The molecule has 0 aliphatic heterocycles. The van der Waals surface area contributed by atoms with Crippen molar-refractivity contribution in [2.24, 2.45) is 10.7 Å². The number of halogens is 1. The Morgan fingerprint density at radius 3 is 2.47 bits per heavy atom. The SMILES string of the molecule is CN=C(N)NC(=O)Nc1ccc(C)c(C)c1.Cl. The second-order valence-electron chi connectivity index (χ2n) is 3.49. The van der Waals surface area contributed by atoms with E-state index in [4.69, 9.17) is 5.73 Å². The molecule has 4 N–H and O–H groups in total. The van der Waals surface area contributed by atoms with Crippen molar-refractivity contribution in [3.8, 4) is 0 Å². The van der Waals surface area contributed by atoms with Crippen LogP contribution in [-0.4, -0.2) is 19.0 Å². The minimum atomic E-state index is -0.397. The van der Waals surface area contributed by atoms with Crippen LogP contribution in [0.25, 0.3) is 0 Å². The molecule has 94 valence electrons.